The zero-order chi connectivity index (χ0) is 12.1. The zero-order valence-electron chi connectivity index (χ0n) is 10.3. The summed E-state index contributed by atoms with van der Waals surface area (Å²) >= 11 is 0. The molecule has 1 N–H and O–H groups in total. The van der Waals surface area contributed by atoms with Crippen molar-refractivity contribution < 1.29 is 14.3 Å². The molecule has 1 heterocycles. The molecule has 0 aromatic carbocycles. The van der Waals surface area contributed by atoms with E-state index in [1.54, 1.807) is 0 Å². The summed E-state index contributed by atoms with van der Waals surface area (Å²) in [7, 11) is 1.37. The van der Waals surface area contributed by atoms with E-state index < -0.39 is 6.04 Å². The van der Waals surface area contributed by atoms with Crippen LogP contribution in [0.15, 0.2) is 0 Å². The van der Waals surface area contributed by atoms with Crippen LogP contribution in [0.4, 0.5) is 0 Å². The Morgan fingerprint density at radius 1 is 1.44 bits per heavy atom. The van der Waals surface area contributed by atoms with E-state index in [1.807, 2.05) is 6.92 Å². The number of hydrogen-bond donors (Lipinski definition) is 1. The van der Waals surface area contributed by atoms with Crippen molar-refractivity contribution in [3.05, 3.63) is 0 Å². The van der Waals surface area contributed by atoms with Gasteiger partial charge in [0.15, 0.2) is 0 Å². The molecule has 2 rings (SSSR count). The number of methoxy groups -OCH3 is 1. The predicted molar refractivity (Wildman–Crippen MR) is 58.6 cm³/mol. The highest BCUT2D eigenvalue weighted by molar-refractivity contribution is 5.91. The minimum Gasteiger partial charge on any atom is -0.467 e. The largest absolute Gasteiger partial charge is 0.467 e. The van der Waals surface area contributed by atoms with Gasteiger partial charge in [-0.2, -0.15) is 0 Å². The lowest BCUT2D eigenvalue weighted by Gasteiger charge is -2.47. The van der Waals surface area contributed by atoms with E-state index in [4.69, 9.17) is 4.74 Å². The van der Waals surface area contributed by atoms with Gasteiger partial charge in [0.25, 0.3) is 0 Å². The third kappa shape index (κ3) is 1.16. The average molecular weight is 225 g/mol. The SMILES string of the molecule is COC(=O)[C@@H]1NC(=O)[C@@]2(C)CC[C@H]1C2(C)C. The van der Waals surface area contributed by atoms with Crippen molar-refractivity contribution in [3.63, 3.8) is 0 Å². The molecule has 90 valence electrons. The predicted octanol–water partition coefficient (Wildman–Crippen LogP) is 1.10. The summed E-state index contributed by atoms with van der Waals surface area (Å²) < 4.78 is 4.76. The standard InChI is InChI=1S/C12H19NO3/c1-11(2)7-5-6-12(11,3)10(15)13-8(7)9(14)16-4/h7-8H,5-6H2,1-4H3,(H,13,15)/t7-,8-,12-/m1/s1. The van der Waals surface area contributed by atoms with Crippen LogP contribution in [-0.2, 0) is 14.3 Å². The molecule has 0 spiro atoms. The lowest BCUT2D eigenvalue weighted by Crippen LogP contribution is -2.61. The second kappa shape index (κ2) is 3.22. The summed E-state index contributed by atoms with van der Waals surface area (Å²) in [5, 5.41) is 2.81. The van der Waals surface area contributed by atoms with Crippen LogP contribution in [0.1, 0.15) is 33.6 Å². The molecule has 16 heavy (non-hydrogen) atoms. The zero-order valence-corrected chi connectivity index (χ0v) is 10.3. The van der Waals surface area contributed by atoms with Gasteiger partial charge in [-0.25, -0.2) is 4.79 Å². The molecule has 1 saturated heterocycles. The van der Waals surface area contributed by atoms with Gasteiger partial charge in [0.1, 0.15) is 6.04 Å². The molecule has 3 atom stereocenters. The molecule has 2 aliphatic rings. The molecule has 1 aliphatic heterocycles. The minimum absolute atomic E-state index is 0.0124. The maximum atomic E-state index is 12.1. The maximum absolute atomic E-state index is 12.1. The Hall–Kier alpha value is -1.06. The molecule has 2 bridgehead atoms. The molecule has 0 unspecified atom stereocenters. The fourth-order valence-electron chi connectivity index (χ4n) is 3.28. The monoisotopic (exact) mass is 225 g/mol. The summed E-state index contributed by atoms with van der Waals surface area (Å²) in [6.45, 7) is 6.16. The number of amides is 1. The Morgan fingerprint density at radius 3 is 2.62 bits per heavy atom. The number of carbonyl (C=O) groups is 2. The molecule has 0 radical (unpaired) electrons. The number of rotatable bonds is 1. The van der Waals surface area contributed by atoms with Gasteiger partial charge in [0.2, 0.25) is 5.91 Å². The first kappa shape index (κ1) is 11.4. The highest BCUT2D eigenvalue weighted by Gasteiger charge is 2.63. The van der Waals surface area contributed by atoms with E-state index in [-0.39, 0.29) is 28.6 Å². The van der Waals surface area contributed by atoms with Crippen molar-refractivity contribution in [2.45, 2.75) is 39.7 Å². The van der Waals surface area contributed by atoms with Gasteiger partial charge in [-0.05, 0) is 24.2 Å². The quantitative estimate of drug-likeness (QED) is 0.680. The van der Waals surface area contributed by atoms with Crippen molar-refractivity contribution in [1.29, 1.82) is 0 Å². The number of esters is 1. The first-order valence-corrected chi connectivity index (χ1v) is 5.73. The van der Waals surface area contributed by atoms with E-state index in [2.05, 4.69) is 19.2 Å². The Balaban J connectivity index is 2.38. The van der Waals surface area contributed by atoms with Crippen LogP contribution in [0.3, 0.4) is 0 Å². The third-order valence-electron chi connectivity index (χ3n) is 4.95. The topological polar surface area (TPSA) is 55.4 Å². The van der Waals surface area contributed by atoms with E-state index in [0.717, 1.165) is 12.8 Å². The Bertz CT molecular complexity index is 350. The van der Waals surface area contributed by atoms with Crippen LogP contribution >= 0.6 is 0 Å². The van der Waals surface area contributed by atoms with Gasteiger partial charge in [-0.1, -0.05) is 20.8 Å². The van der Waals surface area contributed by atoms with Crippen LogP contribution < -0.4 is 5.32 Å². The van der Waals surface area contributed by atoms with Gasteiger partial charge in [0, 0.05) is 0 Å². The molecule has 1 amide bonds. The minimum atomic E-state index is -0.469. The number of carbonyl (C=O) groups excluding carboxylic acids is 2. The van der Waals surface area contributed by atoms with Crippen molar-refractivity contribution in [2.75, 3.05) is 7.11 Å². The lowest BCUT2D eigenvalue weighted by atomic mass is 9.61. The smallest absolute Gasteiger partial charge is 0.328 e. The van der Waals surface area contributed by atoms with Crippen molar-refractivity contribution in [1.82, 2.24) is 5.32 Å². The van der Waals surface area contributed by atoms with Crippen LogP contribution in [-0.4, -0.2) is 25.0 Å². The van der Waals surface area contributed by atoms with E-state index >= 15 is 0 Å². The molecule has 0 aromatic rings. The second-order valence-corrected chi connectivity index (χ2v) is 5.67. The second-order valence-electron chi connectivity index (χ2n) is 5.67. The van der Waals surface area contributed by atoms with Gasteiger partial charge < -0.3 is 10.1 Å². The van der Waals surface area contributed by atoms with Crippen molar-refractivity contribution in [2.24, 2.45) is 16.7 Å². The fourth-order valence-corrected chi connectivity index (χ4v) is 3.28. The third-order valence-corrected chi connectivity index (χ3v) is 4.95. The maximum Gasteiger partial charge on any atom is 0.328 e. The van der Waals surface area contributed by atoms with Gasteiger partial charge in [-0.3, -0.25) is 4.79 Å². The normalized spacial score (nSPS) is 40.4. The molecule has 4 heteroatoms. The van der Waals surface area contributed by atoms with E-state index in [0.29, 0.717) is 0 Å². The van der Waals surface area contributed by atoms with E-state index in [9.17, 15) is 9.59 Å². The highest BCUT2D eigenvalue weighted by atomic mass is 16.5. The number of ether oxygens (including phenoxy) is 1. The fraction of sp³-hybridized carbons (Fsp3) is 0.833. The molecule has 4 nitrogen and oxygen atoms in total. The molecular formula is C12H19NO3. The van der Waals surface area contributed by atoms with Crippen LogP contribution in [0.2, 0.25) is 0 Å². The van der Waals surface area contributed by atoms with E-state index in [1.165, 1.54) is 7.11 Å². The summed E-state index contributed by atoms with van der Waals surface area (Å²) in [5.41, 5.74) is -0.490. The molecule has 1 aliphatic carbocycles. The Kier molecular flexibility index (Phi) is 2.30. The van der Waals surface area contributed by atoms with Crippen LogP contribution in [0, 0.1) is 16.7 Å². The van der Waals surface area contributed by atoms with Crippen molar-refractivity contribution >= 4 is 11.9 Å². The lowest BCUT2D eigenvalue weighted by molar-refractivity contribution is -0.157. The number of hydrogen-bond acceptors (Lipinski definition) is 3. The molecular weight excluding hydrogens is 206 g/mol. The first-order valence-electron chi connectivity index (χ1n) is 5.73. The first-order chi connectivity index (χ1) is 7.34. The number of fused-ring (bicyclic) bond motifs is 2. The summed E-state index contributed by atoms with van der Waals surface area (Å²) in [4.78, 5) is 23.8. The average Bonchev–Trinajstić information content (AvgIpc) is 2.38. The summed E-state index contributed by atoms with van der Waals surface area (Å²) in [5.74, 6) is -0.153. The van der Waals surface area contributed by atoms with Crippen LogP contribution in [0.5, 0.6) is 0 Å². The molecule has 0 aromatic heterocycles. The number of nitrogens with one attached hydrogen (secondary N) is 1. The van der Waals surface area contributed by atoms with Gasteiger partial charge >= 0.3 is 5.97 Å². The highest BCUT2D eigenvalue weighted by Crippen LogP contribution is 2.59. The van der Waals surface area contributed by atoms with Gasteiger partial charge in [0.05, 0.1) is 12.5 Å². The summed E-state index contributed by atoms with van der Waals surface area (Å²) in [6, 6.07) is -0.469. The molecule has 2 fully saturated rings. The number of piperidine rings is 1. The molecule has 1 saturated carbocycles. The Labute approximate surface area is 95.7 Å². The van der Waals surface area contributed by atoms with Gasteiger partial charge in [-0.15, -0.1) is 0 Å². The van der Waals surface area contributed by atoms with Crippen molar-refractivity contribution in [3.8, 4) is 0 Å². The Morgan fingerprint density at radius 2 is 2.06 bits per heavy atom. The summed E-state index contributed by atoms with van der Waals surface area (Å²) in [6.07, 6.45) is 1.76. The van der Waals surface area contributed by atoms with Crippen LogP contribution in [0.25, 0.3) is 0 Å².